The van der Waals surface area contributed by atoms with Gasteiger partial charge in [0.05, 0.1) is 20.0 Å². The molecule has 0 saturated carbocycles. The Morgan fingerprint density at radius 2 is 0.718 bits per heavy atom. The van der Waals surface area contributed by atoms with E-state index in [-0.39, 0.29) is 16.2 Å². The minimum absolute atomic E-state index is 0.121. The number of rotatable bonds is 30. The fourth-order valence-electron chi connectivity index (χ4n) is 14.9. The van der Waals surface area contributed by atoms with Gasteiger partial charge in [0, 0.05) is 43.5 Å². The molecule has 0 amide bonds. The summed E-state index contributed by atoms with van der Waals surface area (Å²) in [7, 11) is 6.10. The molecule has 0 heterocycles. The molecule has 11 aromatic rings. The molecule has 0 saturated heterocycles. The monoisotopic (exact) mass is 1550 g/mol. The molecule has 0 spiro atoms. The fraction of sp³-hybridized carbons (Fsp3) is 0.214. The summed E-state index contributed by atoms with van der Waals surface area (Å²) in [5.41, 5.74) is 18.1. The summed E-state index contributed by atoms with van der Waals surface area (Å²) in [4.78, 5) is 0. The van der Waals surface area contributed by atoms with E-state index in [9.17, 15) is 0 Å². The predicted octanol–water partition coefficient (Wildman–Crippen LogP) is 28.6. The number of hydrogen-bond donors (Lipinski definition) is 1. The van der Waals surface area contributed by atoms with Gasteiger partial charge in [-0.05, 0) is 143 Å². The van der Waals surface area contributed by atoms with Crippen molar-refractivity contribution in [2.45, 2.75) is 121 Å². The molecule has 2 atom stereocenters. The average Bonchev–Trinajstić information content (AvgIpc) is 0.756. The highest BCUT2D eigenvalue weighted by molar-refractivity contribution is 5.56. The molecule has 0 aliphatic heterocycles. The van der Waals surface area contributed by atoms with Crippen molar-refractivity contribution < 1.29 is 24.1 Å². The van der Waals surface area contributed by atoms with Crippen molar-refractivity contribution in [2.75, 3.05) is 35.0 Å². The zero-order valence-corrected chi connectivity index (χ0v) is 71.6. The third-order valence-corrected chi connectivity index (χ3v) is 21.2. The minimum atomic E-state index is -0.813. The predicted molar refractivity (Wildman–Crippen MR) is 501 cm³/mol. The maximum Gasteiger partial charge on any atom is 0.143 e. The van der Waals surface area contributed by atoms with Crippen molar-refractivity contribution in [3.8, 4) is 5.75 Å². The molecule has 0 aromatic heterocycles. The lowest BCUT2D eigenvalue weighted by Crippen LogP contribution is -2.33. The van der Waals surface area contributed by atoms with Crippen LogP contribution < -0.4 is 4.74 Å². The van der Waals surface area contributed by atoms with Gasteiger partial charge in [0.1, 0.15) is 17.0 Å². The number of aliphatic hydroxyl groups is 1. The van der Waals surface area contributed by atoms with E-state index < -0.39 is 11.2 Å². The van der Waals surface area contributed by atoms with Gasteiger partial charge < -0.3 is 24.1 Å². The summed E-state index contributed by atoms with van der Waals surface area (Å²) in [5.74, 6) is 1.89. The summed E-state index contributed by atoms with van der Waals surface area (Å²) in [5, 5.41) is 7.00. The lowest BCUT2D eigenvalue weighted by Gasteiger charge is -2.39. The summed E-state index contributed by atoms with van der Waals surface area (Å²) in [6, 6.07) is 112. The molecule has 117 heavy (non-hydrogen) atoms. The van der Waals surface area contributed by atoms with E-state index in [1.807, 2.05) is 112 Å². The second kappa shape index (κ2) is 49.7. The van der Waals surface area contributed by atoms with Crippen molar-refractivity contribution in [3.63, 3.8) is 0 Å². The van der Waals surface area contributed by atoms with Crippen molar-refractivity contribution in [2.24, 2.45) is 0 Å². The van der Waals surface area contributed by atoms with E-state index in [4.69, 9.17) is 24.1 Å². The number of allylic oxidation sites excluding steroid dienone is 12. The number of benzene rings is 11. The molecule has 604 valence electrons. The van der Waals surface area contributed by atoms with Crippen molar-refractivity contribution in [1.82, 2.24) is 0 Å². The van der Waals surface area contributed by atoms with E-state index >= 15 is 0 Å². The Hall–Kier alpha value is -12.0. The number of aryl methyl sites for hydroxylation is 1. The van der Waals surface area contributed by atoms with Gasteiger partial charge in [-0.1, -0.05) is 461 Å². The summed E-state index contributed by atoms with van der Waals surface area (Å²) < 4.78 is 23.3. The molecule has 11 aromatic carbocycles. The number of hydrogen-bond acceptors (Lipinski definition) is 5. The van der Waals surface area contributed by atoms with Gasteiger partial charge in [-0.25, -0.2) is 0 Å². The molecule has 0 bridgehead atoms. The second-order valence-electron chi connectivity index (χ2n) is 28.5. The lowest BCUT2D eigenvalue weighted by atomic mass is 9.64. The molecule has 5 heteroatoms. The van der Waals surface area contributed by atoms with Crippen LogP contribution in [0.1, 0.15) is 154 Å². The van der Waals surface area contributed by atoms with Crippen molar-refractivity contribution in [1.29, 1.82) is 0 Å². The Balaban J connectivity index is 0.000000225. The van der Waals surface area contributed by atoms with Crippen LogP contribution in [0.25, 0.3) is 0 Å². The summed E-state index contributed by atoms with van der Waals surface area (Å²) >= 11 is 0. The Morgan fingerprint density at radius 3 is 1.03 bits per heavy atom. The van der Waals surface area contributed by atoms with Crippen LogP contribution in [0.5, 0.6) is 5.75 Å². The largest absolute Gasteiger partial charge is 0.501 e. The fourth-order valence-corrected chi connectivity index (χ4v) is 14.9. The van der Waals surface area contributed by atoms with Gasteiger partial charge >= 0.3 is 0 Å². The van der Waals surface area contributed by atoms with Crippen LogP contribution in [0.15, 0.2) is 455 Å². The molecule has 0 fully saturated rings. The van der Waals surface area contributed by atoms with Gasteiger partial charge in [-0.3, -0.25) is 0 Å². The van der Waals surface area contributed by atoms with Crippen molar-refractivity contribution in [3.05, 3.63) is 522 Å². The summed E-state index contributed by atoms with van der Waals surface area (Å²) in [6.07, 6.45) is 25.9. The van der Waals surface area contributed by atoms with Gasteiger partial charge in [0.25, 0.3) is 0 Å². The first-order valence-electron chi connectivity index (χ1n) is 40.8. The molecule has 1 N–H and O–H groups in total. The molecule has 1 aliphatic rings. The number of methoxy groups -OCH3 is 3. The van der Waals surface area contributed by atoms with E-state index in [1.54, 1.807) is 27.4 Å². The maximum atomic E-state index is 7.00. The summed E-state index contributed by atoms with van der Waals surface area (Å²) in [6.45, 7) is 42.0. The highest BCUT2D eigenvalue weighted by atomic mass is 16.5. The van der Waals surface area contributed by atoms with Gasteiger partial charge in [0.2, 0.25) is 0 Å². The third-order valence-electron chi connectivity index (χ3n) is 21.2. The van der Waals surface area contributed by atoms with Gasteiger partial charge in [-0.2, -0.15) is 0 Å². The highest BCUT2D eigenvalue weighted by Gasteiger charge is 2.40. The number of ether oxygens (including phenoxy) is 4. The van der Waals surface area contributed by atoms with Crippen LogP contribution in [0.2, 0.25) is 0 Å². The lowest BCUT2D eigenvalue weighted by molar-refractivity contribution is 0.0132. The molecule has 1 aliphatic carbocycles. The number of unbranched alkanes of at least 4 members (excludes halogenated alkanes) is 1. The van der Waals surface area contributed by atoms with Crippen LogP contribution in [-0.2, 0) is 41.7 Å². The van der Waals surface area contributed by atoms with E-state index in [1.165, 1.54) is 56.5 Å². The maximum absolute atomic E-state index is 7.00. The first kappa shape index (κ1) is 93.9. The molecular weight excluding hydrogens is 1430 g/mol. The molecular formula is C112H126O5. The molecule has 0 radical (unpaired) electrons. The van der Waals surface area contributed by atoms with Gasteiger partial charge in [0.15, 0.2) is 0 Å². The topological polar surface area (TPSA) is 57.2 Å². The quantitative estimate of drug-likeness (QED) is 0.0359. The van der Waals surface area contributed by atoms with Crippen LogP contribution in [0.4, 0.5) is 0 Å². The van der Waals surface area contributed by atoms with Crippen LogP contribution >= 0.6 is 0 Å². The normalized spacial score (nSPS) is 12.7. The van der Waals surface area contributed by atoms with Crippen LogP contribution in [0.3, 0.4) is 0 Å². The average molecular weight is 1550 g/mol. The molecule has 2 unspecified atom stereocenters. The Bertz CT molecular complexity index is 4510. The second-order valence-corrected chi connectivity index (χ2v) is 28.5. The Labute approximate surface area is 703 Å². The number of aliphatic hydroxyl groups excluding tert-OH is 1. The van der Waals surface area contributed by atoms with Crippen LogP contribution in [-0.4, -0.2) is 40.2 Å². The Morgan fingerprint density at radius 1 is 0.385 bits per heavy atom. The highest BCUT2D eigenvalue weighted by Crippen LogP contribution is 2.48. The van der Waals surface area contributed by atoms with E-state index in [2.05, 4.69) is 359 Å². The van der Waals surface area contributed by atoms with E-state index in [0.717, 1.165) is 95.3 Å². The zero-order valence-electron chi connectivity index (χ0n) is 71.6. The smallest absolute Gasteiger partial charge is 0.143 e. The third kappa shape index (κ3) is 24.6. The molecule has 12 rings (SSSR count). The first-order chi connectivity index (χ1) is 57.0. The Kier molecular flexibility index (Phi) is 39.9. The minimum Gasteiger partial charge on any atom is -0.501 e. The van der Waals surface area contributed by atoms with E-state index in [0.29, 0.717) is 6.61 Å². The van der Waals surface area contributed by atoms with Gasteiger partial charge in [-0.15, -0.1) is 0 Å². The zero-order chi connectivity index (χ0) is 84.8. The first-order valence-corrected chi connectivity index (χ1v) is 40.8. The van der Waals surface area contributed by atoms with Crippen molar-refractivity contribution >= 4 is 0 Å². The standard InChI is InChI=1S/C25H32O.C23H24O2.C21H24O.2C20H18.C2H6.CH4O/c1-6-8-10-21(4)25(19-9-7-2,22-13-11-20(3)12-14-22)23-15-17-24(26-5)18-16-23;1-3-18-25-23(19-10-6-4-7-11-19,20-12-8-5-9-13-20)21-14-16-22(24-2)17-15-21;1-7-8-12-18(4)21(22-6,19(5)16-15-17(2)3)20-13-10-9-11-14-20;2*1-20(17-11-5-2-6-12-17,18-13-7-3-8-14-18)19-15-9-4-10-16-19;2*1-2/h6,8,10-15,17H,1,4,7,9,16,18-19H2,2-3,5H3;4-17H,3,18H2,1-2H3;7-16H,1-2,4-5H2,3,6H3;2*2-16H,1H3;1-2H3;2H,1H3/b10-8-;;12-8-,16-15-;;;;. The molecule has 5 nitrogen and oxygen atoms in total. The SMILES string of the molecule is C=C/C=C\C(=C)C(CCCC)(C1=CC=C(OC)CC1)c1ccc(C)cc1.C=C/C=C\C(=C)C(OC)(C(=C)/C=C\C(=C)C)c1ccccc1.CC.CC(c1ccccc1)(c1ccccc1)c1ccccc1.CC(c1ccccc1)(c1ccccc1)c1ccccc1.CCCOC(c1ccccc1)(c1ccccc1)c1ccc(OC)cc1.CO. The van der Waals surface area contributed by atoms with Crippen LogP contribution in [0, 0.1) is 6.92 Å².